The molecule has 2 N–H and O–H groups in total. The smallest absolute Gasteiger partial charge is 0.261 e. The molecule has 0 radical (unpaired) electrons. The van der Waals surface area contributed by atoms with Crippen LogP contribution in [0.5, 0.6) is 0 Å². The van der Waals surface area contributed by atoms with Crippen LogP contribution < -0.4 is 5.73 Å². The van der Waals surface area contributed by atoms with Crippen molar-refractivity contribution in [3.05, 3.63) is 28.3 Å². The summed E-state index contributed by atoms with van der Waals surface area (Å²) in [4.78, 5) is 24.0. The molecule has 1 aliphatic heterocycles. The van der Waals surface area contributed by atoms with Crippen molar-refractivity contribution in [2.24, 2.45) is 0 Å². The van der Waals surface area contributed by atoms with Gasteiger partial charge >= 0.3 is 0 Å². The van der Waals surface area contributed by atoms with E-state index in [1.165, 1.54) is 19.2 Å². The lowest BCUT2D eigenvalue weighted by Gasteiger charge is -2.02. The van der Waals surface area contributed by atoms with Gasteiger partial charge in [0.2, 0.25) is 0 Å². The van der Waals surface area contributed by atoms with Gasteiger partial charge in [0.05, 0.1) is 21.8 Å². The van der Waals surface area contributed by atoms with Gasteiger partial charge in [0.25, 0.3) is 11.8 Å². The van der Waals surface area contributed by atoms with Gasteiger partial charge in [-0.15, -0.1) is 0 Å². The van der Waals surface area contributed by atoms with Crippen LogP contribution in [0.2, 0.25) is 5.02 Å². The number of nitrogens with two attached hydrogens (primary N) is 1. The van der Waals surface area contributed by atoms with E-state index in [9.17, 15) is 9.59 Å². The molecule has 72 valence electrons. The Hall–Kier alpha value is -1.55. The highest BCUT2D eigenvalue weighted by Gasteiger charge is 2.33. The van der Waals surface area contributed by atoms with Gasteiger partial charge in [-0.05, 0) is 12.1 Å². The standard InChI is InChI=1S/C9H7ClN2O2/c1-12-8(13)4-2-6(10)7(11)3-5(4)9(12)14/h2-3H,11H2,1H3. The third-order valence-corrected chi connectivity index (χ3v) is 2.53. The Labute approximate surface area is 85.2 Å². The Morgan fingerprint density at radius 2 is 1.71 bits per heavy atom. The maximum Gasteiger partial charge on any atom is 0.261 e. The molecule has 0 saturated carbocycles. The number of fused-ring (bicyclic) bond motifs is 1. The van der Waals surface area contributed by atoms with Crippen LogP contribution in [0.15, 0.2) is 12.1 Å². The molecule has 0 aliphatic carbocycles. The number of carbonyl (C=O) groups is 2. The molecular weight excluding hydrogens is 204 g/mol. The summed E-state index contributed by atoms with van der Waals surface area (Å²) in [5.74, 6) is -0.680. The van der Waals surface area contributed by atoms with Crippen molar-refractivity contribution < 1.29 is 9.59 Å². The average Bonchev–Trinajstić information content (AvgIpc) is 2.34. The molecule has 0 bridgehead atoms. The van der Waals surface area contributed by atoms with Gasteiger partial charge in [0.15, 0.2) is 0 Å². The molecule has 0 atom stereocenters. The minimum absolute atomic E-state index is 0.292. The summed E-state index contributed by atoms with van der Waals surface area (Å²) < 4.78 is 0. The first kappa shape index (κ1) is 9.02. The summed E-state index contributed by atoms with van der Waals surface area (Å²) in [7, 11) is 1.43. The summed E-state index contributed by atoms with van der Waals surface area (Å²) in [5, 5.41) is 0.292. The molecule has 0 fully saturated rings. The van der Waals surface area contributed by atoms with E-state index in [0.717, 1.165) is 4.90 Å². The highest BCUT2D eigenvalue weighted by Crippen LogP contribution is 2.29. The van der Waals surface area contributed by atoms with Crippen molar-refractivity contribution in [1.82, 2.24) is 4.90 Å². The molecule has 0 saturated heterocycles. The first-order chi connectivity index (χ1) is 6.52. The second kappa shape index (κ2) is 2.72. The second-order valence-electron chi connectivity index (χ2n) is 3.09. The molecule has 2 rings (SSSR count). The number of nitrogen functional groups attached to an aromatic ring is 1. The van der Waals surface area contributed by atoms with Crippen LogP contribution in [0.3, 0.4) is 0 Å². The van der Waals surface area contributed by atoms with Crippen molar-refractivity contribution in [2.75, 3.05) is 12.8 Å². The SMILES string of the molecule is CN1C(=O)c2cc(N)c(Cl)cc2C1=O. The minimum Gasteiger partial charge on any atom is -0.398 e. The Morgan fingerprint density at radius 3 is 2.29 bits per heavy atom. The number of imide groups is 1. The molecule has 1 aliphatic rings. The zero-order valence-corrected chi connectivity index (χ0v) is 8.13. The predicted octanol–water partition coefficient (Wildman–Crippen LogP) is 1.15. The van der Waals surface area contributed by atoms with E-state index in [2.05, 4.69) is 0 Å². The fourth-order valence-electron chi connectivity index (χ4n) is 1.40. The normalized spacial score (nSPS) is 14.9. The van der Waals surface area contributed by atoms with Crippen molar-refractivity contribution >= 4 is 29.1 Å². The molecular formula is C9H7ClN2O2. The van der Waals surface area contributed by atoms with Gasteiger partial charge in [-0.2, -0.15) is 0 Å². The van der Waals surface area contributed by atoms with E-state index < -0.39 is 0 Å². The highest BCUT2D eigenvalue weighted by molar-refractivity contribution is 6.34. The number of anilines is 1. The lowest BCUT2D eigenvalue weighted by atomic mass is 10.1. The summed E-state index contributed by atoms with van der Waals surface area (Å²) >= 11 is 5.75. The summed E-state index contributed by atoms with van der Waals surface area (Å²) in [6.45, 7) is 0. The van der Waals surface area contributed by atoms with Crippen LogP contribution in [0.1, 0.15) is 20.7 Å². The lowest BCUT2D eigenvalue weighted by Crippen LogP contribution is -2.24. The number of benzene rings is 1. The molecule has 0 aromatic heterocycles. The maximum atomic E-state index is 11.5. The fraction of sp³-hybridized carbons (Fsp3) is 0.111. The Morgan fingerprint density at radius 1 is 1.21 bits per heavy atom. The van der Waals surface area contributed by atoms with Gasteiger partial charge in [-0.1, -0.05) is 11.6 Å². The average molecular weight is 211 g/mol. The predicted molar refractivity (Wildman–Crippen MR) is 52.3 cm³/mol. The Kier molecular flexibility index (Phi) is 1.75. The molecule has 4 nitrogen and oxygen atoms in total. The lowest BCUT2D eigenvalue weighted by molar-refractivity contribution is 0.0693. The van der Waals surface area contributed by atoms with Crippen LogP contribution in [-0.2, 0) is 0 Å². The quantitative estimate of drug-likeness (QED) is 0.516. The van der Waals surface area contributed by atoms with E-state index in [1.807, 2.05) is 0 Å². The van der Waals surface area contributed by atoms with Crippen molar-refractivity contribution in [1.29, 1.82) is 0 Å². The molecule has 14 heavy (non-hydrogen) atoms. The monoisotopic (exact) mass is 210 g/mol. The van der Waals surface area contributed by atoms with Gasteiger partial charge < -0.3 is 5.73 Å². The van der Waals surface area contributed by atoms with Gasteiger partial charge in [-0.25, -0.2) is 0 Å². The topological polar surface area (TPSA) is 63.4 Å². The Bertz CT molecular complexity index is 415. The van der Waals surface area contributed by atoms with E-state index in [-0.39, 0.29) is 11.8 Å². The summed E-state index contributed by atoms with van der Waals surface area (Å²) in [6.07, 6.45) is 0. The maximum absolute atomic E-state index is 11.5. The van der Waals surface area contributed by atoms with E-state index >= 15 is 0 Å². The molecule has 0 unspecified atom stereocenters. The molecule has 1 heterocycles. The van der Waals surface area contributed by atoms with Crippen LogP contribution in [-0.4, -0.2) is 23.8 Å². The van der Waals surface area contributed by atoms with Crippen LogP contribution in [0.4, 0.5) is 5.69 Å². The van der Waals surface area contributed by atoms with Crippen LogP contribution >= 0.6 is 11.6 Å². The minimum atomic E-state index is -0.341. The zero-order valence-electron chi connectivity index (χ0n) is 7.37. The van der Waals surface area contributed by atoms with E-state index in [0.29, 0.717) is 21.8 Å². The van der Waals surface area contributed by atoms with Crippen LogP contribution in [0.25, 0.3) is 0 Å². The van der Waals surface area contributed by atoms with E-state index in [4.69, 9.17) is 17.3 Å². The number of hydrogen-bond donors (Lipinski definition) is 1. The van der Waals surface area contributed by atoms with Crippen molar-refractivity contribution in [3.63, 3.8) is 0 Å². The third kappa shape index (κ3) is 1.01. The van der Waals surface area contributed by atoms with Gasteiger partial charge in [0.1, 0.15) is 0 Å². The van der Waals surface area contributed by atoms with Crippen LogP contribution in [0, 0.1) is 0 Å². The third-order valence-electron chi connectivity index (χ3n) is 2.21. The summed E-state index contributed by atoms with van der Waals surface area (Å²) in [6, 6.07) is 2.86. The zero-order chi connectivity index (χ0) is 10.5. The van der Waals surface area contributed by atoms with Gasteiger partial charge in [-0.3, -0.25) is 14.5 Å². The number of nitrogens with zero attached hydrogens (tertiary/aromatic N) is 1. The highest BCUT2D eigenvalue weighted by atomic mass is 35.5. The molecule has 0 spiro atoms. The number of halogens is 1. The first-order valence-corrected chi connectivity index (χ1v) is 4.31. The Balaban J connectivity index is 2.71. The largest absolute Gasteiger partial charge is 0.398 e. The summed E-state index contributed by atoms with van der Waals surface area (Å²) in [5.41, 5.74) is 6.47. The second-order valence-corrected chi connectivity index (χ2v) is 3.50. The molecule has 5 heteroatoms. The van der Waals surface area contributed by atoms with Gasteiger partial charge in [0, 0.05) is 7.05 Å². The number of carbonyl (C=O) groups excluding carboxylic acids is 2. The number of hydrogen-bond acceptors (Lipinski definition) is 3. The van der Waals surface area contributed by atoms with Crippen molar-refractivity contribution in [2.45, 2.75) is 0 Å². The number of amides is 2. The number of rotatable bonds is 0. The molecule has 1 aromatic rings. The fourth-order valence-corrected chi connectivity index (χ4v) is 1.56. The van der Waals surface area contributed by atoms with Crippen molar-refractivity contribution in [3.8, 4) is 0 Å². The first-order valence-electron chi connectivity index (χ1n) is 3.94. The molecule has 2 amide bonds. The van der Waals surface area contributed by atoms with E-state index in [1.54, 1.807) is 0 Å². The molecule has 1 aromatic carbocycles.